The van der Waals surface area contributed by atoms with Gasteiger partial charge in [-0.15, -0.1) is 0 Å². The number of hydrogen-bond donors (Lipinski definition) is 0. The standard InChI is InChI=1S/C21H33N3O3/c1-17-8-10-18(11-9-17)15-23(13-6-14-27-4)20(25)19-7-5-12-24(16-19)21(26)22(2)3/h8-11,19H,5-7,12-16H2,1-4H3/t19-/m0/s1. The molecule has 2 rings (SSSR count). The van der Waals surface area contributed by atoms with Gasteiger partial charge in [-0.05, 0) is 31.7 Å². The molecule has 6 heteroatoms. The first-order valence-corrected chi connectivity index (χ1v) is 9.72. The highest BCUT2D eigenvalue weighted by atomic mass is 16.5. The number of carbonyl (C=O) groups excluding carboxylic acids is 2. The van der Waals surface area contributed by atoms with E-state index in [2.05, 4.69) is 31.2 Å². The van der Waals surface area contributed by atoms with Crippen molar-refractivity contribution in [1.82, 2.24) is 14.7 Å². The predicted octanol–water partition coefficient (Wildman–Crippen LogP) is 2.75. The molecule has 1 aromatic carbocycles. The number of methoxy groups -OCH3 is 1. The molecule has 0 N–H and O–H groups in total. The summed E-state index contributed by atoms with van der Waals surface area (Å²) in [6.07, 6.45) is 2.51. The van der Waals surface area contributed by atoms with Crippen LogP contribution >= 0.6 is 0 Å². The number of rotatable bonds is 7. The fraction of sp³-hybridized carbons (Fsp3) is 0.619. The molecule has 0 aliphatic carbocycles. The van der Waals surface area contributed by atoms with Gasteiger partial charge in [-0.1, -0.05) is 29.8 Å². The minimum Gasteiger partial charge on any atom is -0.385 e. The van der Waals surface area contributed by atoms with E-state index in [1.165, 1.54) is 5.56 Å². The van der Waals surface area contributed by atoms with Crippen LogP contribution in [-0.4, -0.2) is 74.1 Å². The average molecular weight is 376 g/mol. The molecule has 0 spiro atoms. The Morgan fingerprint density at radius 1 is 1.22 bits per heavy atom. The lowest BCUT2D eigenvalue weighted by Crippen LogP contribution is -2.49. The number of ether oxygens (including phenoxy) is 1. The summed E-state index contributed by atoms with van der Waals surface area (Å²) in [5.74, 6) is 0.0126. The van der Waals surface area contributed by atoms with Crippen LogP contribution in [0.5, 0.6) is 0 Å². The molecule has 1 atom stereocenters. The Bertz CT molecular complexity index is 616. The number of hydrogen-bond acceptors (Lipinski definition) is 3. The van der Waals surface area contributed by atoms with Gasteiger partial charge in [0, 0.05) is 54.0 Å². The van der Waals surface area contributed by atoms with Crippen LogP contribution in [0.3, 0.4) is 0 Å². The highest BCUT2D eigenvalue weighted by Crippen LogP contribution is 2.21. The Morgan fingerprint density at radius 3 is 2.56 bits per heavy atom. The van der Waals surface area contributed by atoms with Gasteiger partial charge in [-0.3, -0.25) is 4.79 Å². The second-order valence-electron chi connectivity index (χ2n) is 7.55. The van der Waals surface area contributed by atoms with Gasteiger partial charge in [0.05, 0.1) is 5.92 Å². The second kappa shape index (κ2) is 10.3. The van der Waals surface area contributed by atoms with Crippen molar-refractivity contribution < 1.29 is 14.3 Å². The van der Waals surface area contributed by atoms with Crippen LogP contribution in [0.4, 0.5) is 4.79 Å². The minimum absolute atomic E-state index is 0.0167. The minimum atomic E-state index is -0.129. The fourth-order valence-electron chi connectivity index (χ4n) is 3.47. The molecule has 1 aromatic rings. The van der Waals surface area contributed by atoms with Crippen LogP contribution in [0.1, 0.15) is 30.4 Å². The predicted molar refractivity (Wildman–Crippen MR) is 106 cm³/mol. The Kier molecular flexibility index (Phi) is 8.10. The third-order valence-corrected chi connectivity index (χ3v) is 5.01. The number of aryl methyl sites for hydroxylation is 1. The Labute approximate surface area is 163 Å². The number of nitrogens with zero attached hydrogens (tertiary/aromatic N) is 3. The fourth-order valence-corrected chi connectivity index (χ4v) is 3.47. The molecule has 0 radical (unpaired) electrons. The van der Waals surface area contributed by atoms with Crippen molar-refractivity contribution in [1.29, 1.82) is 0 Å². The van der Waals surface area contributed by atoms with E-state index in [1.54, 1.807) is 31.0 Å². The van der Waals surface area contributed by atoms with Crippen LogP contribution < -0.4 is 0 Å². The maximum Gasteiger partial charge on any atom is 0.319 e. The molecule has 1 fully saturated rings. The van der Waals surface area contributed by atoms with Gasteiger partial charge in [0.15, 0.2) is 0 Å². The zero-order valence-electron chi connectivity index (χ0n) is 17.1. The molecule has 0 bridgehead atoms. The van der Waals surface area contributed by atoms with Crippen molar-refractivity contribution in [3.63, 3.8) is 0 Å². The smallest absolute Gasteiger partial charge is 0.319 e. The Balaban J connectivity index is 2.07. The van der Waals surface area contributed by atoms with Crippen LogP contribution in [0, 0.1) is 12.8 Å². The van der Waals surface area contributed by atoms with E-state index in [1.807, 2.05) is 4.90 Å². The van der Waals surface area contributed by atoms with Crippen molar-refractivity contribution in [2.24, 2.45) is 5.92 Å². The summed E-state index contributed by atoms with van der Waals surface area (Å²) in [4.78, 5) is 30.8. The lowest BCUT2D eigenvalue weighted by atomic mass is 9.96. The van der Waals surface area contributed by atoms with E-state index in [0.29, 0.717) is 26.2 Å². The molecule has 1 aliphatic rings. The third kappa shape index (κ3) is 6.24. The molecule has 0 saturated carbocycles. The molecule has 1 heterocycles. The maximum atomic E-state index is 13.2. The van der Waals surface area contributed by atoms with Crippen molar-refractivity contribution >= 4 is 11.9 Å². The molecule has 0 aromatic heterocycles. The zero-order chi connectivity index (χ0) is 19.8. The van der Waals surface area contributed by atoms with Crippen LogP contribution in [0.25, 0.3) is 0 Å². The zero-order valence-corrected chi connectivity index (χ0v) is 17.1. The number of likely N-dealkylation sites (tertiary alicyclic amines) is 1. The highest BCUT2D eigenvalue weighted by molar-refractivity contribution is 5.81. The topological polar surface area (TPSA) is 53.1 Å². The first kappa shape index (κ1) is 21.2. The van der Waals surface area contributed by atoms with Crippen LogP contribution in [0.15, 0.2) is 24.3 Å². The molecule has 0 unspecified atom stereocenters. The monoisotopic (exact) mass is 375 g/mol. The molecule has 1 aliphatic heterocycles. The average Bonchev–Trinajstić information content (AvgIpc) is 2.67. The number of amides is 3. The summed E-state index contributed by atoms with van der Waals surface area (Å²) < 4.78 is 5.16. The molecule has 6 nitrogen and oxygen atoms in total. The van der Waals surface area contributed by atoms with Gasteiger partial charge in [0.2, 0.25) is 5.91 Å². The van der Waals surface area contributed by atoms with E-state index >= 15 is 0 Å². The van der Waals surface area contributed by atoms with E-state index in [-0.39, 0.29) is 17.9 Å². The van der Waals surface area contributed by atoms with Gasteiger partial charge in [0.1, 0.15) is 0 Å². The second-order valence-corrected chi connectivity index (χ2v) is 7.55. The molecule has 150 valence electrons. The SMILES string of the molecule is COCCCN(Cc1ccc(C)cc1)C(=O)[C@H]1CCCN(C(=O)N(C)C)C1. The van der Waals surface area contributed by atoms with Gasteiger partial charge >= 0.3 is 6.03 Å². The van der Waals surface area contributed by atoms with Gasteiger partial charge in [-0.2, -0.15) is 0 Å². The first-order chi connectivity index (χ1) is 12.9. The number of piperidine rings is 1. The van der Waals surface area contributed by atoms with Crippen molar-refractivity contribution in [2.75, 3.05) is 47.4 Å². The summed E-state index contributed by atoms with van der Waals surface area (Å²) in [7, 11) is 5.18. The van der Waals surface area contributed by atoms with Crippen LogP contribution in [-0.2, 0) is 16.1 Å². The number of carbonyl (C=O) groups is 2. The molecule has 3 amide bonds. The van der Waals surface area contributed by atoms with E-state index in [9.17, 15) is 9.59 Å². The molecular weight excluding hydrogens is 342 g/mol. The van der Waals surface area contributed by atoms with Crippen molar-refractivity contribution in [3.8, 4) is 0 Å². The molecule has 27 heavy (non-hydrogen) atoms. The summed E-state index contributed by atoms with van der Waals surface area (Å²) in [6.45, 7) is 5.18. The van der Waals surface area contributed by atoms with Crippen molar-refractivity contribution in [3.05, 3.63) is 35.4 Å². The summed E-state index contributed by atoms with van der Waals surface area (Å²) in [5, 5.41) is 0. The van der Waals surface area contributed by atoms with Crippen molar-refractivity contribution in [2.45, 2.75) is 32.7 Å². The Hall–Kier alpha value is -2.08. The first-order valence-electron chi connectivity index (χ1n) is 9.72. The lowest BCUT2D eigenvalue weighted by molar-refractivity contribution is -0.137. The summed E-state index contributed by atoms with van der Waals surface area (Å²) in [6, 6.07) is 8.29. The van der Waals surface area contributed by atoms with E-state index < -0.39 is 0 Å². The largest absolute Gasteiger partial charge is 0.385 e. The van der Waals surface area contributed by atoms with Gasteiger partial charge in [0.25, 0.3) is 0 Å². The number of urea groups is 1. The third-order valence-electron chi connectivity index (χ3n) is 5.01. The normalized spacial score (nSPS) is 16.9. The highest BCUT2D eigenvalue weighted by Gasteiger charge is 2.31. The van der Waals surface area contributed by atoms with Crippen LogP contribution in [0.2, 0.25) is 0 Å². The van der Waals surface area contributed by atoms with E-state index in [4.69, 9.17) is 4.74 Å². The van der Waals surface area contributed by atoms with Gasteiger partial charge < -0.3 is 19.4 Å². The summed E-state index contributed by atoms with van der Waals surface area (Å²) >= 11 is 0. The quantitative estimate of drug-likeness (QED) is 0.689. The molecule has 1 saturated heterocycles. The number of benzene rings is 1. The maximum absolute atomic E-state index is 13.2. The lowest BCUT2D eigenvalue weighted by Gasteiger charge is -2.36. The Morgan fingerprint density at radius 2 is 1.93 bits per heavy atom. The van der Waals surface area contributed by atoms with E-state index in [0.717, 1.165) is 31.4 Å². The van der Waals surface area contributed by atoms with Gasteiger partial charge in [-0.25, -0.2) is 4.79 Å². The summed E-state index contributed by atoms with van der Waals surface area (Å²) in [5.41, 5.74) is 2.34. The molecular formula is C21H33N3O3.